The summed E-state index contributed by atoms with van der Waals surface area (Å²) in [6.07, 6.45) is 5.63. The summed E-state index contributed by atoms with van der Waals surface area (Å²) in [7, 11) is 0. The molecule has 1 aliphatic rings. The fraction of sp³-hybridized carbons (Fsp3) is 0.750. The maximum atomic E-state index is 11.6. The number of carbonyl (C=O) groups is 1. The van der Waals surface area contributed by atoms with E-state index in [2.05, 4.69) is 17.2 Å². The molecule has 3 heteroatoms. The van der Waals surface area contributed by atoms with Gasteiger partial charge in [-0.15, -0.1) is 6.58 Å². The summed E-state index contributed by atoms with van der Waals surface area (Å²) in [5.74, 6) is 0.762. The Bertz CT molecular complexity index is 210. The van der Waals surface area contributed by atoms with Gasteiger partial charge < -0.3 is 10.6 Å². The van der Waals surface area contributed by atoms with E-state index in [4.69, 9.17) is 0 Å². The predicted molar refractivity (Wildman–Crippen MR) is 62.6 cm³/mol. The number of carbonyl (C=O) groups excluding carboxylic acids is 1. The molecule has 0 radical (unpaired) electrons. The van der Waals surface area contributed by atoms with Crippen molar-refractivity contribution in [2.45, 2.75) is 38.6 Å². The maximum absolute atomic E-state index is 11.6. The van der Waals surface area contributed by atoms with Gasteiger partial charge in [-0.1, -0.05) is 6.08 Å². The molecule has 1 heterocycles. The van der Waals surface area contributed by atoms with E-state index in [0.29, 0.717) is 12.3 Å². The molecule has 0 aromatic heterocycles. The molecule has 3 nitrogen and oxygen atoms in total. The lowest BCUT2D eigenvalue weighted by Gasteiger charge is -2.22. The molecule has 0 saturated carbocycles. The lowest BCUT2D eigenvalue weighted by Crippen LogP contribution is -2.35. The lowest BCUT2D eigenvalue weighted by molar-refractivity contribution is -0.122. The SMILES string of the molecule is C=CCC(C)NC(=O)CC1CCNCC1. The van der Waals surface area contributed by atoms with Crippen LogP contribution in [0.25, 0.3) is 0 Å². The Morgan fingerprint density at radius 1 is 1.60 bits per heavy atom. The van der Waals surface area contributed by atoms with Crippen molar-refractivity contribution in [1.29, 1.82) is 0 Å². The first-order chi connectivity index (χ1) is 7.22. The Labute approximate surface area is 92.3 Å². The monoisotopic (exact) mass is 210 g/mol. The molecule has 1 amide bonds. The number of piperidine rings is 1. The molecular weight excluding hydrogens is 188 g/mol. The van der Waals surface area contributed by atoms with Crippen LogP contribution in [-0.4, -0.2) is 25.0 Å². The molecule has 1 aliphatic heterocycles. The number of amides is 1. The van der Waals surface area contributed by atoms with E-state index in [9.17, 15) is 4.79 Å². The van der Waals surface area contributed by atoms with Gasteiger partial charge in [-0.3, -0.25) is 4.79 Å². The van der Waals surface area contributed by atoms with Crippen molar-refractivity contribution in [2.24, 2.45) is 5.92 Å². The minimum atomic E-state index is 0.191. The largest absolute Gasteiger partial charge is 0.353 e. The first-order valence-electron chi connectivity index (χ1n) is 5.83. The minimum Gasteiger partial charge on any atom is -0.353 e. The molecule has 0 bridgehead atoms. The fourth-order valence-corrected chi connectivity index (χ4v) is 1.99. The molecule has 86 valence electrons. The Kier molecular flexibility index (Phi) is 5.40. The van der Waals surface area contributed by atoms with Crippen LogP contribution in [0.3, 0.4) is 0 Å². The van der Waals surface area contributed by atoms with Gasteiger partial charge in [0.2, 0.25) is 5.91 Å². The Morgan fingerprint density at radius 2 is 2.27 bits per heavy atom. The summed E-state index contributed by atoms with van der Waals surface area (Å²) in [6.45, 7) is 7.79. The lowest BCUT2D eigenvalue weighted by atomic mass is 9.94. The summed E-state index contributed by atoms with van der Waals surface area (Å²) in [5.41, 5.74) is 0. The number of hydrogen-bond acceptors (Lipinski definition) is 2. The smallest absolute Gasteiger partial charge is 0.220 e. The molecule has 1 fully saturated rings. The van der Waals surface area contributed by atoms with Gasteiger partial charge in [0, 0.05) is 12.5 Å². The summed E-state index contributed by atoms with van der Waals surface area (Å²) >= 11 is 0. The minimum absolute atomic E-state index is 0.191. The molecule has 1 unspecified atom stereocenters. The van der Waals surface area contributed by atoms with Crippen LogP contribution >= 0.6 is 0 Å². The molecule has 0 spiro atoms. The molecule has 0 aromatic carbocycles. The summed E-state index contributed by atoms with van der Waals surface area (Å²) in [5, 5.41) is 6.30. The van der Waals surface area contributed by atoms with Crippen LogP contribution in [0, 0.1) is 5.92 Å². The second kappa shape index (κ2) is 6.62. The number of rotatable bonds is 5. The summed E-state index contributed by atoms with van der Waals surface area (Å²) < 4.78 is 0. The third-order valence-corrected chi connectivity index (χ3v) is 2.86. The van der Waals surface area contributed by atoms with Gasteiger partial charge in [0.05, 0.1) is 0 Å². The molecular formula is C12H22N2O. The third-order valence-electron chi connectivity index (χ3n) is 2.86. The van der Waals surface area contributed by atoms with Crippen molar-refractivity contribution in [3.63, 3.8) is 0 Å². The molecule has 2 N–H and O–H groups in total. The van der Waals surface area contributed by atoms with Crippen molar-refractivity contribution >= 4 is 5.91 Å². The Hall–Kier alpha value is -0.830. The predicted octanol–water partition coefficient (Wildman–Crippen LogP) is 1.46. The molecule has 15 heavy (non-hydrogen) atoms. The maximum Gasteiger partial charge on any atom is 0.220 e. The average Bonchev–Trinajstić information content (AvgIpc) is 2.19. The van der Waals surface area contributed by atoms with E-state index in [-0.39, 0.29) is 11.9 Å². The van der Waals surface area contributed by atoms with E-state index in [0.717, 1.165) is 32.4 Å². The van der Waals surface area contributed by atoms with Crippen LogP contribution in [0.4, 0.5) is 0 Å². The summed E-state index contributed by atoms with van der Waals surface area (Å²) in [4.78, 5) is 11.6. The van der Waals surface area contributed by atoms with Gasteiger partial charge in [0.15, 0.2) is 0 Å². The zero-order valence-corrected chi connectivity index (χ0v) is 9.59. The van der Waals surface area contributed by atoms with Gasteiger partial charge in [0.1, 0.15) is 0 Å². The van der Waals surface area contributed by atoms with Crippen molar-refractivity contribution in [3.8, 4) is 0 Å². The highest BCUT2D eigenvalue weighted by molar-refractivity contribution is 5.76. The van der Waals surface area contributed by atoms with Crippen LogP contribution in [0.1, 0.15) is 32.6 Å². The van der Waals surface area contributed by atoms with Crippen molar-refractivity contribution in [3.05, 3.63) is 12.7 Å². The molecule has 1 atom stereocenters. The molecule has 0 aromatic rings. The molecule has 1 rings (SSSR count). The standard InChI is InChI=1S/C12H22N2O/c1-3-4-10(2)14-12(15)9-11-5-7-13-8-6-11/h3,10-11,13H,1,4-9H2,2H3,(H,14,15). The van der Waals surface area contributed by atoms with Gasteiger partial charge >= 0.3 is 0 Å². The zero-order valence-electron chi connectivity index (χ0n) is 9.59. The van der Waals surface area contributed by atoms with Crippen molar-refractivity contribution in [1.82, 2.24) is 10.6 Å². The second-order valence-electron chi connectivity index (χ2n) is 4.39. The highest BCUT2D eigenvalue weighted by atomic mass is 16.1. The van der Waals surface area contributed by atoms with E-state index < -0.39 is 0 Å². The molecule has 0 aliphatic carbocycles. The van der Waals surface area contributed by atoms with E-state index >= 15 is 0 Å². The van der Waals surface area contributed by atoms with Crippen LogP contribution in [0.15, 0.2) is 12.7 Å². The zero-order chi connectivity index (χ0) is 11.1. The second-order valence-corrected chi connectivity index (χ2v) is 4.39. The van der Waals surface area contributed by atoms with Crippen molar-refractivity contribution < 1.29 is 4.79 Å². The highest BCUT2D eigenvalue weighted by Gasteiger charge is 2.17. The Balaban J connectivity index is 2.19. The van der Waals surface area contributed by atoms with Crippen LogP contribution in [0.2, 0.25) is 0 Å². The summed E-state index contributed by atoms with van der Waals surface area (Å²) in [6, 6.07) is 0.219. The first-order valence-corrected chi connectivity index (χ1v) is 5.83. The van der Waals surface area contributed by atoms with Gasteiger partial charge in [-0.25, -0.2) is 0 Å². The van der Waals surface area contributed by atoms with E-state index in [1.807, 2.05) is 13.0 Å². The van der Waals surface area contributed by atoms with E-state index in [1.165, 1.54) is 0 Å². The third kappa shape index (κ3) is 4.98. The number of nitrogens with one attached hydrogen (secondary N) is 2. The quantitative estimate of drug-likeness (QED) is 0.674. The fourth-order valence-electron chi connectivity index (χ4n) is 1.99. The van der Waals surface area contributed by atoms with Crippen LogP contribution in [-0.2, 0) is 4.79 Å². The topological polar surface area (TPSA) is 41.1 Å². The van der Waals surface area contributed by atoms with Gasteiger partial charge in [0.25, 0.3) is 0 Å². The first kappa shape index (κ1) is 12.2. The van der Waals surface area contributed by atoms with Crippen LogP contribution < -0.4 is 10.6 Å². The average molecular weight is 210 g/mol. The highest BCUT2D eigenvalue weighted by Crippen LogP contribution is 2.15. The normalized spacial score (nSPS) is 19.5. The number of hydrogen-bond donors (Lipinski definition) is 2. The van der Waals surface area contributed by atoms with Crippen LogP contribution in [0.5, 0.6) is 0 Å². The van der Waals surface area contributed by atoms with Gasteiger partial charge in [-0.05, 0) is 45.2 Å². The Morgan fingerprint density at radius 3 is 2.87 bits per heavy atom. The van der Waals surface area contributed by atoms with E-state index in [1.54, 1.807) is 0 Å². The van der Waals surface area contributed by atoms with Crippen molar-refractivity contribution in [2.75, 3.05) is 13.1 Å². The molecule has 1 saturated heterocycles. The van der Waals surface area contributed by atoms with Gasteiger partial charge in [-0.2, -0.15) is 0 Å².